The second kappa shape index (κ2) is 6.83. The first kappa shape index (κ1) is 14.2. The molecule has 0 saturated carbocycles. The van der Waals surface area contributed by atoms with Crippen molar-refractivity contribution >= 4 is 27.5 Å². The van der Waals surface area contributed by atoms with Crippen LogP contribution >= 0.6 is 27.5 Å². The van der Waals surface area contributed by atoms with E-state index < -0.39 is 0 Å². The number of rotatable bonds is 5. The van der Waals surface area contributed by atoms with E-state index in [1.165, 1.54) is 0 Å². The Balaban J connectivity index is 2.10. The fourth-order valence-electron chi connectivity index (χ4n) is 1.61. The quantitative estimate of drug-likeness (QED) is 0.675. The molecule has 19 heavy (non-hydrogen) atoms. The molecule has 0 bridgehead atoms. The molecule has 0 spiro atoms. The summed E-state index contributed by atoms with van der Waals surface area (Å²) in [4.78, 5) is 0. The van der Waals surface area contributed by atoms with Crippen molar-refractivity contribution in [3.05, 3.63) is 53.1 Å². The van der Waals surface area contributed by atoms with Gasteiger partial charge in [0, 0.05) is 10.4 Å². The van der Waals surface area contributed by atoms with Crippen molar-refractivity contribution in [3.63, 3.8) is 0 Å². The molecule has 0 aliphatic rings. The van der Waals surface area contributed by atoms with Crippen LogP contribution < -0.4 is 9.47 Å². The van der Waals surface area contributed by atoms with E-state index in [1.807, 2.05) is 49.4 Å². The second-order valence-corrected chi connectivity index (χ2v) is 4.86. The van der Waals surface area contributed by atoms with Crippen molar-refractivity contribution in [3.8, 4) is 17.2 Å². The van der Waals surface area contributed by atoms with E-state index in [9.17, 15) is 0 Å². The summed E-state index contributed by atoms with van der Waals surface area (Å²) in [7, 11) is 0. The van der Waals surface area contributed by atoms with Crippen LogP contribution in [0.5, 0.6) is 17.2 Å². The number of hydrogen-bond donors (Lipinski definition) is 0. The molecule has 0 saturated heterocycles. The van der Waals surface area contributed by atoms with Gasteiger partial charge in [0.25, 0.3) is 0 Å². The van der Waals surface area contributed by atoms with Crippen LogP contribution in [0.4, 0.5) is 0 Å². The largest absolute Gasteiger partial charge is 0.494 e. The molecule has 0 aliphatic carbocycles. The third-order valence-electron chi connectivity index (χ3n) is 2.54. The highest BCUT2D eigenvalue weighted by Gasteiger charge is 2.03. The Kier molecular flexibility index (Phi) is 5.11. The lowest BCUT2D eigenvalue weighted by atomic mass is 10.2. The minimum atomic E-state index is 0.657. The Labute approximate surface area is 126 Å². The van der Waals surface area contributed by atoms with E-state index in [0.717, 1.165) is 28.1 Å². The first-order valence-electron chi connectivity index (χ1n) is 5.98. The molecule has 0 aliphatic heterocycles. The molecule has 0 atom stereocenters. The van der Waals surface area contributed by atoms with E-state index in [4.69, 9.17) is 21.1 Å². The minimum absolute atomic E-state index is 0.657. The molecule has 2 nitrogen and oxygen atoms in total. The molecule has 0 N–H and O–H groups in total. The molecule has 0 fully saturated rings. The van der Waals surface area contributed by atoms with E-state index in [2.05, 4.69) is 15.9 Å². The zero-order chi connectivity index (χ0) is 13.7. The molecule has 0 unspecified atom stereocenters. The van der Waals surface area contributed by atoms with Gasteiger partial charge in [0.2, 0.25) is 0 Å². The monoisotopic (exact) mass is 340 g/mol. The van der Waals surface area contributed by atoms with Crippen molar-refractivity contribution < 1.29 is 9.47 Å². The number of ether oxygens (including phenoxy) is 2. The first-order valence-corrected chi connectivity index (χ1v) is 7.48. The Bertz CT molecular complexity index is 540. The van der Waals surface area contributed by atoms with Gasteiger partial charge in [-0.1, -0.05) is 33.6 Å². The molecule has 2 rings (SSSR count). The van der Waals surface area contributed by atoms with Gasteiger partial charge in [0.1, 0.15) is 17.2 Å². The summed E-state index contributed by atoms with van der Waals surface area (Å²) in [5.41, 5.74) is 1.04. The SMILES string of the molecule is CCOc1ccc(Oc2ccc(CBr)c(Cl)c2)cc1. The summed E-state index contributed by atoms with van der Waals surface area (Å²) in [5, 5.41) is 1.43. The van der Waals surface area contributed by atoms with Crippen molar-refractivity contribution in [2.45, 2.75) is 12.3 Å². The molecule has 0 aromatic heterocycles. The van der Waals surface area contributed by atoms with Crippen LogP contribution in [0, 0.1) is 0 Å². The highest BCUT2D eigenvalue weighted by atomic mass is 79.9. The number of alkyl halides is 1. The average Bonchev–Trinajstić information content (AvgIpc) is 2.42. The predicted octanol–water partition coefficient (Wildman–Crippen LogP) is 5.43. The summed E-state index contributed by atoms with van der Waals surface area (Å²) in [5.74, 6) is 2.31. The van der Waals surface area contributed by atoms with Gasteiger partial charge in [-0.15, -0.1) is 0 Å². The summed E-state index contributed by atoms with van der Waals surface area (Å²) in [6.07, 6.45) is 0. The highest BCUT2D eigenvalue weighted by molar-refractivity contribution is 9.08. The van der Waals surface area contributed by atoms with Crippen LogP contribution in [-0.4, -0.2) is 6.61 Å². The molecule has 0 amide bonds. The summed E-state index contributed by atoms with van der Waals surface area (Å²) >= 11 is 9.52. The number of benzene rings is 2. The van der Waals surface area contributed by atoms with E-state index in [1.54, 1.807) is 0 Å². The lowest BCUT2D eigenvalue weighted by molar-refractivity contribution is 0.339. The standard InChI is InChI=1S/C15H14BrClO2/c1-2-18-12-5-7-13(8-6-12)19-14-4-3-11(10-16)15(17)9-14/h3-9H,2,10H2,1H3. The van der Waals surface area contributed by atoms with Gasteiger partial charge in [0.15, 0.2) is 0 Å². The predicted molar refractivity (Wildman–Crippen MR) is 81.8 cm³/mol. The molecule has 2 aromatic carbocycles. The molecule has 0 heterocycles. The van der Waals surface area contributed by atoms with E-state index >= 15 is 0 Å². The van der Waals surface area contributed by atoms with Crippen LogP contribution in [0.1, 0.15) is 12.5 Å². The maximum atomic E-state index is 6.13. The fourth-order valence-corrected chi connectivity index (χ4v) is 2.49. The minimum Gasteiger partial charge on any atom is -0.494 e. The maximum absolute atomic E-state index is 6.13. The van der Waals surface area contributed by atoms with E-state index in [0.29, 0.717) is 11.6 Å². The highest BCUT2D eigenvalue weighted by Crippen LogP contribution is 2.28. The zero-order valence-corrected chi connectivity index (χ0v) is 12.9. The second-order valence-electron chi connectivity index (χ2n) is 3.89. The summed E-state index contributed by atoms with van der Waals surface area (Å²) in [6.45, 7) is 2.61. The molecule has 2 aromatic rings. The van der Waals surface area contributed by atoms with Crippen molar-refractivity contribution in [2.24, 2.45) is 0 Å². The summed E-state index contributed by atoms with van der Waals surface area (Å²) in [6, 6.07) is 13.2. The van der Waals surface area contributed by atoms with Crippen LogP contribution in [-0.2, 0) is 5.33 Å². The molecule has 0 radical (unpaired) electrons. The Morgan fingerprint density at radius 1 is 1.00 bits per heavy atom. The first-order chi connectivity index (χ1) is 9.22. The normalized spacial score (nSPS) is 10.3. The van der Waals surface area contributed by atoms with Gasteiger partial charge in [-0.2, -0.15) is 0 Å². The Morgan fingerprint density at radius 3 is 2.21 bits per heavy atom. The van der Waals surface area contributed by atoms with Crippen LogP contribution in [0.3, 0.4) is 0 Å². The van der Waals surface area contributed by atoms with Gasteiger partial charge in [0.05, 0.1) is 6.61 Å². The smallest absolute Gasteiger partial charge is 0.128 e. The molecule has 100 valence electrons. The maximum Gasteiger partial charge on any atom is 0.128 e. The van der Waals surface area contributed by atoms with Gasteiger partial charge in [-0.3, -0.25) is 0 Å². The topological polar surface area (TPSA) is 18.5 Å². The van der Waals surface area contributed by atoms with Crippen molar-refractivity contribution in [1.82, 2.24) is 0 Å². The molecular formula is C15H14BrClO2. The third kappa shape index (κ3) is 3.88. The lowest BCUT2D eigenvalue weighted by Crippen LogP contribution is -1.91. The fraction of sp³-hybridized carbons (Fsp3) is 0.200. The van der Waals surface area contributed by atoms with Crippen LogP contribution in [0.15, 0.2) is 42.5 Å². The molecule has 4 heteroatoms. The third-order valence-corrected chi connectivity index (χ3v) is 3.49. The van der Waals surface area contributed by atoms with Gasteiger partial charge in [-0.05, 0) is 48.9 Å². The van der Waals surface area contributed by atoms with Crippen molar-refractivity contribution in [2.75, 3.05) is 6.61 Å². The average molecular weight is 342 g/mol. The van der Waals surface area contributed by atoms with Crippen molar-refractivity contribution in [1.29, 1.82) is 0 Å². The van der Waals surface area contributed by atoms with Gasteiger partial charge >= 0.3 is 0 Å². The van der Waals surface area contributed by atoms with E-state index in [-0.39, 0.29) is 0 Å². The van der Waals surface area contributed by atoms with Gasteiger partial charge in [-0.25, -0.2) is 0 Å². The lowest BCUT2D eigenvalue weighted by Gasteiger charge is -2.09. The Morgan fingerprint density at radius 2 is 1.63 bits per heavy atom. The Hall–Kier alpha value is -1.19. The van der Waals surface area contributed by atoms with Gasteiger partial charge < -0.3 is 9.47 Å². The van der Waals surface area contributed by atoms with Crippen LogP contribution in [0.2, 0.25) is 5.02 Å². The number of hydrogen-bond acceptors (Lipinski definition) is 2. The van der Waals surface area contributed by atoms with Crippen LogP contribution in [0.25, 0.3) is 0 Å². The number of halogens is 2. The molecular weight excluding hydrogens is 328 g/mol. The summed E-state index contributed by atoms with van der Waals surface area (Å²) < 4.78 is 11.1. The zero-order valence-electron chi connectivity index (χ0n) is 10.5.